The standard InChI is InChI=1S/C19H25N3O2/c1-19(2,3)24-18(23)22-12-10-15-16(11-13-22)20-21(4)17(15)14-8-6-5-7-9-14/h5-9H,10-13H2,1-4H3. The van der Waals surface area contributed by atoms with E-state index in [0.717, 1.165) is 24.2 Å². The topological polar surface area (TPSA) is 47.4 Å². The van der Waals surface area contributed by atoms with Crippen molar-refractivity contribution in [3.63, 3.8) is 0 Å². The molecule has 0 radical (unpaired) electrons. The molecule has 0 atom stereocenters. The molecule has 24 heavy (non-hydrogen) atoms. The van der Waals surface area contributed by atoms with Crippen LogP contribution in [0.1, 0.15) is 32.0 Å². The molecule has 0 N–H and O–H groups in total. The molecule has 3 rings (SSSR count). The van der Waals surface area contributed by atoms with Gasteiger partial charge in [0.1, 0.15) is 5.60 Å². The highest BCUT2D eigenvalue weighted by Gasteiger charge is 2.27. The molecule has 0 unspecified atom stereocenters. The molecular formula is C19H25N3O2. The average Bonchev–Trinajstić information content (AvgIpc) is 2.68. The third kappa shape index (κ3) is 3.45. The zero-order valence-corrected chi connectivity index (χ0v) is 14.9. The minimum absolute atomic E-state index is 0.238. The molecule has 1 aromatic heterocycles. The number of aromatic nitrogens is 2. The van der Waals surface area contributed by atoms with Crippen LogP contribution in [0.25, 0.3) is 11.3 Å². The molecule has 2 aromatic rings. The van der Waals surface area contributed by atoms with Gasteiger partial charge in [0.05, 0.1) is 11.4 Å². The highest BCUT2D eigenvalue weighted by Crippen LogP contribution is 2.28. The van der Waals surface area contributed by atoms with E-state index in [1.165, 1.54) is 11.1 Å². The second-order valence-corrected chi connectivity index (χ2v) is 7.23. The predicted octanol–water partition coefficient (Wildman–Crippen LogP) is 3.42. The first-order valence-corrected chi connectivity index (χ1v) is 8.43. The van der Waals surface area contributed by atoms with Crippen molar-refractivity contribution in [3.05, 3.63) is 41.6 Å². The molecule has 0 saturated heterocycles. The Morgan fingerprint density at radius 1 is 1.12 bits per heavy atom. The van der Waals surface area contributed by atoms with Gasteiger partial charge in [-0.05, 0) is 27.2 Å². The molecule has 128 valence electrons. The summed E-state index contributed by atoms with van der Waals surface area (Å²) < 4.78 is 7.47. The van der Waals surface area contributed by atoms with E-state index in [2.05, 4.69) is 12.1 Å². The van der Waals surface area contributed by atoms with Gasteiger partial charge < -0.3 is 9.64 Å². The molecule has 1 aliphatic rings. The van der Waals surface area contributed by atoms with Crippen LogP contribution >= 0.6 is 0 Å². The third-order valence-corrected chi connectivity index (χ3v) is 4.18. The monoisotopic (exact) mass is 327 g/mol. The lowest BCUT2D eigenvalue weighted by Crippen LogP contribution is -2.38. The summed E-state index contributed by atoms with van der Waals surface area (Å²) in [5.74, 6) is 0. The highest BCUT2D eigenvalue weighted by atomic mass is 16.6. The zero-order chi connectivity index (χ0) is 17.3. The van der Waals surface area contributed by atoms with E-state index >= 15 is 0 Å². The number of rotatable bonds is 1. The van der Waals surface area contributed by atoms with E-state index in [0.29, 0.717) is 13.1 Å². The Morgan fingerprint density at radius 2 is 1.79 bits per heavy atom. The molecule has 5 heteroatoms. The average molecular weight is 327 g/mol. The van der Waals surface area contributed by atoms with Gasteiger partial charge in [-0.1, -0.05) is 30.3 Å². The molecule has 1 aliphatic heterocycles. The van der Waals surface area contributed by atoms with Crippen LogP contribution in [0.5, 0.6) is 0 Å². The van der Waals surface area contributed by atoms with E-state index in [9.17, 15) is 4.79 Å². The summed E-state index contributed by atoms with van der Waals surface area (Å²) in [7, 11) is 1.99. The fourth-order valence-electron chi connectivity index (χ4n) is 3.15. The molecule has 0 spiro atoms. The lowest BCUT2D eigenvalue weighted by molar-refractivity contribution is 0.0258. The number of carbonyl (C=O) groups is 1. The van der Waals surface area contributed by atoms with E-state index in [1.807, 2.05) is 50.7 Å². The van der Waals surface area contributed by atoms with Gasteiger partial charge in [0.2, 0.25) is 0 Å². The minimum atomic E-state index is -0.467. The SMILES string of the molecule is Cn1nc2c(c1-c1ccccc1)CCN(C(=O)OC(C)(C)C)CC2. The summed E-state index contributed by atoms with van der Waals surface area (Å²) in [6, 6.07) is 10.3. The van der Waals surface area contributed by atoms with Crippen molar-refractivity contribution in [2.45, 2.75) is 39.2 Å². The summed E-state index contributed by atoms with van der Waals surface area (Å²) in [6.45, 7) is 6.99. The maximum Gasteiger partial charge on any atom is 0.410 e. The van der Waals surface area contributed by atoms with Gasteiger partial charge in [0.15, 0.2) is 0 Å². The number of aryl methyl sites for hydroxylation is 1. The minimum Gasteiger partial charge on any atom is -0.444 e. The smallest absolute Gasteiger partial charge is 0.410 e. The Balaban J connectivity index is 1.83. The first-order valence-electron chi connectivity index (χ1n) is 8.43. The maximum atomic E-state index is 12.3. The molecular weight excluding hydrogens is 302 g/mol. The summed E-state index contributed by atoms with van der Waals surface area (Å²) in [4.78, 5) is 14.1. The van der Waals surface area contributed by atoms with Crippen LogP contribution in [0.2, 0.25) is 0 Å². The second-order valence-electron chi connectivity index (χ2n) is 7.23. The number of fused-ring (bicyclic) bond motifs is 1. The number of hydrogen-bond donors (Lipinski definition) is 0. The van der Waals surface area contributed by atoms with Gasteiger partial charge in [-0.3, -0.25) is 4.68 Å². The van der Waals surface area contributed by atoms with Crippen molar-refractivity contribution < 1.29 is 9.53 Å². The van der Waals surface area contributed by atoms with Crippen molar-refractivity contribution in [1.29, 1.82) is 0 Å². The second kappa shape index (κ2) is 6.30. The van der Waals surface area contributed by atoms with E-state index < -0.39 is 5.60 Å². The van der Waals surface area contributed by atoms with Crippen molar-refractivity contribution in [1.82, 2.24) is 14.7 Å². The van der Waals surface area contributed by atoms with Crippen LogP contribution < -0.4 is 0 Å². The van der Waals surface area contributed by atoms with Crippen LogP contribution in [0.4, 0.5) is 4.79 Å². The Bertz CT molecular complexity index is 729. The van der Waals surface area contributed by atoms with Gasteiger partial charge in [0.25, 0.3) is 0 Å². The Kier molecular flexibility index (Phi) is 4.35. The zero-order valence-electron chi connectivity index (χ0n) is 14.9. The molecule has 1 aromatic carbocycles. The van der Waals surface area contributed by atoms with E-state index in [4.69, 9.17) is 9.84 Å². The highest BCUT2D eigenvalue weighted by molar-refractivity contribution is 5.69. The van der Waals surface area contributed by atoms with Gasteiger partial charge in [-0.15, -0.1) is 0 Å². The predicted molar refractivity (Wildman–Crippen MR) is 93.9 cm³/mol. The maximum absolute atomic E-state index is 12.3. The van der Waals surface area contributed by atoms with Crippen molar-refractivity contribution in [3.8, 4) is 11.3 Å². The molecule has 5 nitrogen and oxygen atoms in total. The first-order chi connectivity index (χ1) is 11.3. The molecule has 0 saturated carbocycles. The van der Waals surface area contributed by atoms with Crippen molar-refractivity contribution in [2.75, 3.05) is 13.1 Å². The van der Waals surface area contributed by atoms with E-state index in [1.54, 1.807) is 4.90 Å². The summed E-state index contributed by atoms with van der Waals surface area (Å²) >= 11 is 0. The molecule has 0 aliphatic carbocycles. The first kappa shape index (κ1) is 16.6. The van der Waals surface area contributed by atoms with Crippen LogP contribution in [-0.2, 0) is 24.6 Å². The summed E-state index contributed by atoms with van der Waals surface area (Å²) in [5.41, 5.74) is 4.18. The quantitative estimate of drug-likeness (QED) is 0.806. The van der Waals surface area contributed by atoms with Gasteiger partial charge in [0, 0.05) is 37.7 Å². The molecule has 0 bridgehead atoms. The largest absolute Gasteiger partial charge is 0.444 e. The lowest BCUT2D eigenvalue weighted by atomic mass is 10.0. The summed E-state index contributed by atoms with van der Waals surface area (Å²) in [6.07, 6.45) is 1.32. The number of amides is 1. The van der Waals surface area contributed by atoms with Gasteiger partial charge in [-0.2, -0.15) is 5.10 Å². The van der Waals surface area contributed by atoms with Crippen molar-refractivity contribution in [2.24, 2.45) is 7.05 Å². The van der Waals surface area contributed by atoms with Crippen LogP contribution in [-0.4, -0.2) is 39.5 Å². The van der Waals surface area contributed by atoms with E-state index in [-0.39, 0.29) is 6.09 Å². The fourth-order valence-corrected chi connectivity index (χ4v) is 3.15. The molecule has 2 heterocycles. The normalized spacial score (nSPS) is 14.9. The van der Waals surface area contributed by atoms with Crippen LogP contribution in [0, 0.1) is 0 Å². The number of nitrogens with zero attached hydrogens (tertiary/aromatic N) is 3. The third-order valence-electron chi connectivity index (χ3n) is 4.18. The summed E-state index contributed by atoms with van der Waals surface area (Å²) in [5, 5.41) is 4.69. The number of benzene rings is 1. The number of hydrogen-bond acceptors (Lipinski definition) is 3. The molecule has 0 fully saturated rings. The Hall–Kier alpha value is -2.30. The lowest BCUT2D eigenvalue weighted by Gasteiger charge is -2.26. The van der Waals surface area contributed by atoms with Crippen LogP contribution in [0.15, 0.2) is 30.3 Å². The van der Waals surface area contributed by atoms with Gasteiger partial charge >= 0.3 is 6.09 Å². The Labute approximate surface area is 143 Å². The molecule has 1 amide bonds. The number of ether oxygens (including phenoxy) is 1. The number of carbonyl (C=O) groups excluding carboxylic acids is 1. The fraction of sp³-hybridized carbons (Fsp3) is 0.474. The van der Waals surface area contributed by atoms with Gasteiger partial charge in [-0.25, -0.2) is 4.79 Å². The Morgan fingerprint density at radius 3 is 2.46 bits per heavy atom. The van der Waals surface area contributed by atoms with Crippen molar-refractivity contribution >= 4 is 6.09 Å². The van der Waals surface area contributed by atoms with Crippen LogP contribution in [0.3, 0.4) is 0 Å².